The minimum atomic E-state index is -0.144. The van der Waals surface area contributed by atoms with Gasteiger partial charge in [0.1, 0.15) is 6.54 Å². The highest BCUT2D eigenvalue weighted by Crippen LogP contribution is 2.13. The number of hydrogen-bond acceptors (Lipinski definition) is 29. The lowest BCUT2D eigenvalue weighted by molar-refractivity contribution is -0.903. The molecule has 0 amide bonds. The van der Waals surface area contributed by atoms with Gasteiger partial charge in [-0.2, -0.15) is 0 Å². The Balaban J connectivity index is 3.22. The van der Waals surface area contributed by atoms with E-state index < -0.39 is 0 Å². The SMILES string of the molecule is CCCCCCCCCCCC[N+](C)(CCOCCOCCOCCOCCOCCOCCOCCOCCOCCOCCOCCOCCOCCOCCOCCOCCOCCOCCOCCOCCOCCOCCOCCOCCOCCOCCO)CC(=O)OCC. The Morgan fingerprint density at radius 1 is 0.218 bits per heavy atom. The average molecular weight is 1480 g/mol. The molecule has 1 atom stereocenters. The van der Waals surface area contributed by atoms with Gasteiger partial charge in [-0.15, -0.1) is 0 Å². The van der Waals surface area contributed by atoms with Gasteiger partial charge < -0.3 is 137 Å². The van der Waals surface area contributed by atoms with Crippen LogP contribution >= 0.6 is 0 Å². The van der Waals surface area contributed by atoms with E-state index >= 15 is 0 Å². The maximum absolute atomic E-state index is 12.3. The molecule has 1 unspecified atom stereocenters. The number of nitrogens with zero attached hydrogens (tertiary/aromatic N) is 1. The molecule has 0 aliphatic rings. The summed E-state index contributed by atoms with van der Waals surface area (Å²) in [6, 6.07) is 0. The number of hydrogen-bond donors (Lipinski definition) is 1. The zero-order valence-electron chi connectivity index (χ0n) is 63.2. The average Bonchev–Trinajstić information content (AvgIpc) is 0.909. The summed E-state index contributed by atoms with van der Waals surface area (Å²) in [7, 11) is 2.13. The van der Waals surface area contributed by atoms with Gasteiger partial charge in [0.2, 0.25) is 0 Å². The largest absolute Gasteiger partial charge is 0.462 e. The number of unbranched alkanes of at least 4 members (excludes halogenated alkanes) is 9. The zero-order chi connectivity index (χ0) is 72.5. The van der Waals surface area contributed by atoms with E-state index in [1.807, 2.05) is 6.92 Å². The number of likely N-dealkylation sites (N-methyl/N-ethyl adjacent to an activating group) is 1. The summed E-state index contributed by atoms with van der Waals surface area (Å²) in [5.74, 6) is -0.144. The molecular weight excluding hydrogens is 1330 g/mol. The number of quaternary nitrogens is 1. The van der Waals surface area contributed by atoms with Gasteiger partial charge in [-0.1, -0.05) is 58.3 Å². The summed E-state index contributed by atoms with van der Waals surface area (Å²) in [6.07, 6.45) is 12.9. The van der Waals surface area contributed by atoms with Crippen LogP contribution in [0.1, 0.15) is 78.1 Å². The first kappa shape index (κ1) is 99.3. The van der Waals surface area contributed by atoms with Gasteiger partial charge in [-0.25, -0.2) is 4.79 Å². The number of carbonyl (C=O) groups is 1. The first-order valence-corrected chi connectivity index (χ1v) is 37.7. The molecule has 0 radical (unpaired) electrons. The number of ether oxygens (including phenoxy) is 27. The molecule has 0 rings (SSSR count). The molecule has 30 heteroatoms. The van der Waals surface area contributed by atoms with Gasteiger partial charge >= 0.3 is 5.97 Å². The van der Waals surface area contributed by atoms with E-state index in [9.17, 15) is 4.79 Å². The number of rotatable bonds is 94. The molecule has 0 aliphatic heterocycles. The van der Waals surface area contributed by atoms with E-state index in [-0.39, 0.29) is 12.6 Å². The third kappa shape index (κ3) is 88.9. The highest BCUT2D eigenvalue weighted by atomic mass is 16.6. The molecule has 0 aromatic rings. The molecule has 606 valence electrons. The first-order valence-electron chi connectivity index (χ1n) is 37.7. The fourth-order valence-corrected chi connectivity index (χ4v) is 8.72. The van der Waals surface area contributed by atoms with Crippen LogP contribution in [-0.2, 0) is 133 Å². The Morgan fingerprint density at radius 2 is 0.376 bits per heavy atom. The third-order valence-electron chi connectivity index (χ3n) is 14.2. The van der Waals surface area contributed by atoms with Gasteiger partial charge in [-0.05, 0) is 19.8 Å². The Hall–Kier alpha value is -1.65. The Labute approximate surface area is 607 Å². The zero-order valence-corrected chi connectivity index (χ0v) is 63.2. The van der Waals surface area contributed by atoms with Crippen molar-refractivity contribution >= 4 is 5.97 Å². The highest BCUT2D eigenvalue weighted by molar-refractivity contribution is 5.70. The summed E-state index contributed by atoms with van der Waals surface area (Å²) in [5.41, 5.74) is 0. The van der Waals surface area contributed by atoms with Crippen LogP contribution < -0.4 is 0 Å². The normalized spacial score (nSPS) is 12.4. The Bertz CT molecular complexity index is 1520. The molecule has 0 aromatic heterocycles. The van der Waals surface area contributed by atoms with Crippen molar-refractivity contribution in [3.05, 3.63) is 0 Å². The van der Waals surface area contributed by atoms with E-state index in [0.717, 1.165) is 19.5 Å². The molecule has 0 saturated carbocycles. The van der Waals surface area contributed by atoms with Crippen LogP contribution in [0.4, 0.5) is 0 Å². The maximum atomic E-state index is 12.3. The summed E-state index contributed by atoms with van der Waals surface area (Å²) >= 11 is 0. The van der Waals surface area contributed by atoms with Crippen molar-refractivity contribution in [2.75, 3.05) is 383 Å². The van der Waals surface area contributed by atoms with E-state index in [1.165, 1.54) is 57.8 Å². The molecule has 101 heavy (non-hydrogen) atoms. The molecule has 0 saturated heterocycles. The second-order valence-electron chi connectivity index (χ2n) is 22.9. The smallest absolute Gasteiger partial charge is 0.361 e. The summed E-state index contributed by atoms with van der Waals surface area (Å²) < 4.78 is 150. The molecule has 0 heterocycles. The number of aliphatic hydroxyl groups excluding tert-OH is 1. The van der Waals surface area contributed by atoms with Gasteiger partial charge in [0.15, 0.2) is 6.54 Å². The van der Waals surface area contributed by atoms with Crippen LogP contribution in [0.3, 0.4) is 0 Å². The lowest BCUT2D eigenvalue weighted by Crippen LogP contribution is -2.50. The summed E-state index contributed by atoms with van der Waals surface area (Å²) in [6.45, 7) is 31.7. The monoisotopic (exact) mass is 1470 g/mol. The van der Waals surface area contributed by atoms with Gasteiger partial charge in [0.25, 0.3) is 0 Å². The molecule has 0 spiro atoms. The molecule has 0 fully saturated rings. The minimum absolute atomic E-state index is 0.0166. The molecular formula is C71H144NO29+. The molecule has 0 aromatic carbocycles. The molecule has 30 nitrogen and oxygen atoms in total. The number of aliphatic hydroxyl groups is 1. The van der Waals surface area contributed by atoms with Gasteiger partial charge in [-0.3, -0.25) is 0 Å². The second kappa shape index (κ2) is 90.7. The second-order valence-corrected chi connectivity index (χ2v) is 22.9. The van der Waals surface area contributed by atoms with Crippen molar-refractivity contribution in [2.45, 2.75) is 78.1 Å². The quantitative estimate of drug-likeness (QED) is 0.0503. The van der Waals surface area contributed by atoms with Crippen molar-refractivity contribution in [1.29, 1.82) is 0 Å². The van der Waals surface area contributed by atoms with E-state index in [4.69, 9.17) is 133 Å². The summed E-state index contributed by atoms with van der Waals surface area (Å²) in [5, 5.41) is 8.62. The minimum Gasteiger partial charge on any atom is -0.462 e. The first-order chi connectivity index (χ1) is 50.1. The van der Waals surface area contributed by atoms with Crippen LogP contribution in [0.5, 0.6) is 0 Å². The lowest BCUT2D eigenvalue weighted by atomic mass is 10.1. The molecule has 1 N–H and O–H groups in total. The third-order valence-corrected chi connectivity index (χ3v) is 14.2. The van der Waals surface area contributed by atoms with Crippen LogP contribution in [0, 0.1) is 0 Å². The predicted octanol–water partition coefficient (Wildman–Crippen LogP) is 4.34. The van der Waals surface area contributed by atoms with E-state index in [2.05, 4.69) is 14.0 Å². The van der Waals surface area contributed by atoms with Crippen molar-refractivity contribution in [1.82, 2.24) is 0 Å². The van der Waals surface area contributed by atoms with Crippen molar-refractivity contribution < 1.29 is 142 Å². The predicted molar refractivity (Wildman–Crippen MR) is 378 cm³/mol. The topological polar surface area (TPSA) is 287 Å². The van der Waals surface area contributed by atoms with Crippen molar-refractivity contribution in [3.63, 3.8) is 0 Å². The van der Waals surface area contributed by atoms with Crippen LogP contribution in [0.15, 0.2) is 0 Å². The van der Waals surface area contributed by atoms with Crippen LogP contribution in [0.2, 0.25) is 0 Å². The number of carbonyl (C=O) groups excluding carboxylic acids is 1. The van der Waals surface area contributed by atoms with Crippen LogP contribution in [-0.4, -0.2) is 399 Å². The Morgan fingerprint density at radius 3 is 0.545 bits per heavy atom. The van der Waals surface area contributed by atoms with Gasteiger partial charge in [0.05, 0.1) is 370 Å². The molecule has 0 aliphatic carbocycles. The van der Waals surface area contributed by atoms with E-state index in [0.29, 0.717) is 361 Å². The highest BCUT2D eigenvalue weighted by Gasteiger charge is 2.26. The molecule has 0 bridgehead atoms. The summed E-state index contributed by atoms with van der Waals surface area (Å²) in [4.78, 5) is 12.3. The van der Waals surface area contributed by atoms with Crippen molar-refractivity contribution in [3.8, 4) is 0 Å². The van der Waals surface area contributed by atoms with Gasteiger partial charge in [0, 0.05) is 0 Å². The lowest BCUT2D eigenvalue weighted by Gasteiger charge is -2.33. The Kier molecular flexibility index (Phi) is 89.3. The van der Waals surface area contributed by atoms with Crippen LogP contribution in [0.25, 0.3) is 0 Å². The number of esters is 1. The van der Waals surface area contributed by atoms with Crippen molar-refractivity contribution in [2.24, 2.45) is 0 Å². The maximum Gasteiger partial charge on any atom is 0.361 e. The fraction of sp³-hybridized carbons (Fsp3) is 0.986. The fourth-order valence-electron chi connectivity index (χ4n) is 8.72. The van der Waals surface area contributed by atoms with E-state index in [1.54, 1.807) is 0 Å². The standard InChI is InChI=1S/C71H144NO29/c1-4-6-7-8-9-10-11-12-13-14-15-72(3,70-71(74)101-5-2)16-18-75-20-22-77-24-26-79-28-30-81-32-34-83-36-38-85-40-42-87-44-46-89-48-50-91-52-54-93-56-58-95-60-62-97-64-66-99-68-69-100-67-65-98-63-61-96-59-57-94-55-53-92-51-49-90-47-45-88-43-41-86-39-37-84-35-33-82-31-29-80-27-25-78-23-21-76-19-17-73/h73H,4-70H2,1-3H3/q+1.